The molecule has 0 saturated carbocycles. The van der Waals surface area contributed by atoms with Gasteiger partial charge in [-0.05, 0) is 91.3 Å². The molecule has 1 heterocycles. The summed E-state index contributed by atoms with van der Waals surface area (Å²) in [6.45, 7) is 15.9. The lowest BCUT2D eigenvalue weighted by atomic mass is 9.93. The molecule has 9 rings (SSSR count). The summed E-state index contributed by atoms with van der Waals surface area (Å²) in [6.07, 6.45) is 3.63. The second-order valence-corrected chi connectivity index (χ2v) is 15.9. The third kappa shape index (κ3) is 17.6. The molecule has 4 heteroatoms. The molecule has 0 aliphatic rings. The molecule has 0 fully saturated rings. The summed E-state index contributed by atoms with van der Waals surface area (Å²) in [4.78, 5) is 0. The lowest BCUT2D eigenvalue weighted by Crippen LogP contribution is -1.94. The summed E-state index contributed by atoms with van der Waals surface area (Å²) in [5.74, 6) is 0.431. The summed E-state index contributed by atoms with van der Waals surface area (Å²) in [7, 11) is 0. The van der Waals surface area contributed by atoms with Gasteiger partial charge in [-0.1, -0.05) is 233 Å². The van der Waals surface area contributed by atoms with Crippen molar-refractivity contribution in [3.05, 3.63) is 246 Å². The predicted octanol–water partition coefficient (Wildman–Crippen LogP) is 17.1. The van der Waals surface area contributed by atoms with Gasteiger partial charge in [-0.15, -0.1) is 11.3 Å². The van der Waals surface area contributed by atoms with E-state index in [9.17, 15) is 0 Å². The highest BCUT2D eigenvalue weighted by Gasteiger charge is 2.11. The Hall–Kier alpha value is -6.88. The van der Waals surface area contributed by atoms with Crippen molar-refractivity contribution in [2.75, 3.05) is 5.73 Å². The Labute approximate surface area is 382 Å². The minimum absolute atomic E-state index is 0.431. The van der Waals surface area contributed by atoms with Gasteiger partial charge in [0.15, 0.2) is 0 Å². The molecular weight excluding hydrogens is 783 g/mol. The number of nitrogens with one attached hydrogen (secondary N) is 2. The molecule has 322 valence electrons. The van der Waals surface area contributed by atoms with Crippen LogP contribution in [-0.2, 0) is 6.42 Å². The Balaban J connectivity index is 0.000000230. The number of rotatable bonds is 6. The Morgan fingerprint density at radius 3 is 1.46 bits per heavy atom. The number of fused-ring (bicyclic) bond motifs is 3. The van der Waals surface area contributed by atoms with E-state index in [1.165, 1.54) is 77.5 Å². The zero-order chi connectivity index (χ0) is 45.7. The standard InChI is InChI=1S/C20H16S.C20H18.C7H8.C6H7N.C4H10.2CH3N/c1-14(15-7-3-2-4-8-15)16-11-12-18-17-9-5-6-10-19(17)21-20(18)13-16;1-16-7-5-11-19(13-16)20-12-6-10-18(15-20)14-17-8-3-2-4-9-17;1-7-5-3-2-4-6-7;7-6-4-2-1-3-5-6;1-3-4-2;2*1-2/h2-14H,1H3;2-13,15H,14H2,1H3;2-6H,1H3;1-5H,7H2;3-4H2,1-2H3;2*2H,1H2. The third-order valence-corrected chi connectivity index (χ3v) is 11.1. The van der Waals surface area contributed by atoms with Crippen LogP contribution in [0.5, 0.6) is 0 Å². The van der Waals surface area contributed by atoms with Crippen molar-refractivity contribution >= 4 is 50.6 Å². The molecule has 9 aromatic rings. The first-order chi connectivity index (χ1) is 30.8. The maximum Gasteiger partial charge on any atom is 0.0358 e. The van der Waals surface area contributed by atoms with E-state index >= 15 is 0 Å². The molecule has 0 spiro atoms. The van der Waals surface area contributed by atoms with Crippen LogP contribution in [0.25, 0.3) is 31.3 Å². The molecule has 1 aromatic heterocycles. The van der Waals surface area contributed by atoms with Crippen LogP contribution in [0.1, 0.15) is 72.9 Å². The molecule has 0 amide bonds. The first kappa shape index (κ1) is 50.5. The van der Waals surface area contributed by atoms with Crippen molar-refractivity contribution in [2.45, 2.75) is 59.8 Å². The minimum atomic E-state index is 0.431. The fourth-order valence-corrected chi connectivity index (χ4v) is 7.60. The highest BCUT2D eigenvalue weighted by atomic mass is 32.1. The lowest BCUT2D eigenvalue weighted by molar-refractivity contribution is 0.886. The average Bonchev–Trinajstić information content (AvgIpc) is 3.72. The van der Waals surface area contributed by atoms with E-state index in [0.29, 0.717) is 5.92 Å². The first-order valence-corrected chi connectivity index (χ1v) is 22.3. The number of unbranched alkanes of at least 4 members (excludes halogenated alkanes) is 1. The van der Waals surface area contributed by atoms with Gasteiger partial charge in [0.25, 0.3) is 0 Å². The van der Waals surface area contributed by atoms with Crippen LogP contribution in [-0.4, -0.2) is 13.4 Å². The number of hydrogen-bond acceptors (Lipinski definition) is 4. The van der Waals surface area contributed by atoms with Crippen molar-refractivity contribution in [2.24, 2.45) is 0 Å². The van der Waals surface area contributed by atoms with E-state index in [2.05, 4.69) is 212 Å². The van der Waals surface area contributed by atoms with E-state index in [4.69, 9.17) is 16.6 Å². The highest BCUT2D eigenvalue weighted by molar-refractivity contribution is 7.25. The smallest absolute Gasteiger partial charge is 0.0358 e. The predicted molar refractivity (Wildman–Crippen MR) is 281 cm³/mol. The van der Waals surface area contributed by atoms with Crippen LogP contribution in [0.4, 0.5) is 5.69 Å². The van der Waals surface area contributed by atoms with Crippen LogP contribution in [0.15, 0.2) is 212 Å². The molecule has 1 unspecified atom stereocenters. The largest absolute Gasteiger partial charge is 0.399 e. The van der Waals surface area contributed by atoms with E-state index in [-0.39, 0.29) is 0 Å². The Kier molecular flexibility index (Phi) is 23.5. The van der Waals surface area contributed by atoms with Gasteiger partial charge < -0.3 is 16.6 Å². The Bertz CT molecular complexity index is 2530. The molecule has 0 aliphatic heterocycles. The normalized spacial score (nSPS) is 10.1. The van der Waals surface area contributed by atoms with Gasteiger partial charge in [0, 0.05) is 31.8 Å². The summed E-state index contributed by atoms with van der Waals surface area (Å²) in [5, 5.41) is 13.7. The number of thiophene rings is 1. The molecule has 4 N–H and O–H groups in total. The molecule has 8 aromatic carbocycles. The van der Waals surface area contributed by atoms with E-state index in [1.54, 1.807) is 0 Å². The van der Waals surface area contributed by atoms with Gasteiger partial charge in [0.2, 0.25) is 0 Å². The molecule has 0 saturated heterocycles. The minimum Gasteiger partial charge on any atom is -0.399 e. The van der Waals surface area contributed by atoms with Crippen molar-refractivity contribution in [3.63, 3.8) is 0 Å². The first-order valence-electron chi connectivity index (χ1n) is 21.5. The van der Waals surface area contributed by atoms with Crippen molar-refractivity contribution < 1.29 is 0 Å². The van der Waals surface area contributed by atoms with E-state index in [0.717, 1.165) is 12.1 Å². The number of nitrogens with two attached hydrogens (primary N) is 1. The topological polar surface area (TPSA) is 73.7 Å². The number of para-hydroxylation sites is 1. The lowest BCUT2D eigenvalue weighted by Gasteiger charge is -2.12. The van der Waals surface area contributed by atoms with Crippen molar-refractivity contribution in [3.8, 4) is 11.1 Å². The monoisotopic (exact) mass is 847 g/mol. The molecule has 3 nitrogen and oxygen atoms in total. The van der Waals surface area contributed by atoms with Crippen LogP contribution in [0.3, 0.4) is 0 Å². The average molecular weight is 848 g/mol. The van der Waals surface area contributed by atoms with E-state index < -0.39 is 0 Å². The number of benzene rings is 8. The van der Waals surface area contributed by atoms with Gasteiger partial charge in [0.05, 0.1) is 0 Å². The van der Waals surface area contributed by atoms with Gasteiger partial charge in [-0.25, -0.2) is 0 Å². The zero-order valence-corrected chi connectivity index (χ0v) is 38.6. The number of aryl methyl sites for hydroxylation is 2. The van der Waals surface area contributed by atoms with Gasteiger partial charge in [0.1, 0.15) is 0 Å². The van der Waals surface area contributed by atoms with Gasteiger partial charge in [-0.3, -0.25) is 0 Å². The molecular formula is C59H65N3S. The summed E-state index contributed by atoms with van der Waals surface area (Å²) < 4.78 is 2.76. The van der Waals surface area contributed by atoms with Gasteiger partial charge in [-0.2, -0.15) is 0 Å². The van der Waals surface area contributed by atoms with Crippen LogP contribution in [0, 0.1) is 24.7 Å². The van der Waals surface area contributed by atoms with Crippen LogP contribution in [0.2, 0.25) is 0 Å². The SMILES string of the molecule is C=N.C=N.CC(c1ccccc1)c1ccc2c(c1)sc1ccccc12.CCCC.Cc1cccc(-c2cccc(Cc3ccccc3)c2)c1.Cc1ccccc1.Nc1ccccc1. The van der Waals surface area contributed by atoms with Crippen LogP contribution >= 0.6 is 11.3 Å². The molecule has 1 atom stereocenters. The van der Waals surface area contributed by atoms with Crippen molar-refractivity contribution in [1.82, 2.24) is 0 Å². The van der Waals surface area contributed by atoms with E-state index in [1.807, 2.05) is 59.9 Å². The maximum absolute atomic E-state index is 5.50. The van der Waals surface area contributed by atoms with Crippen LogP contribution < -0.4 is 5.73 Å². The Morgan fingerprint density at radius 2 is 0.921 bits per heavy atom. The fraction of sp³-hybridized carbons (Fsp3) is 0.153. The second-order valence-electron chi connectivity index (χ2n) is 14.8. The number of nitrogen functional groups attached to an aromatic ring is 1. The molecule has 0 bridgehead atoms. The second kappa shape index (κ2) is 29.4. The number of hydrogen-bond donors (Lipinski definition) is 3. The summed E-state index contributed by atoms with van der Waals surface area (Å²) >= 11 is 1.89. The van der Waals surface area contributed by atoms with Gasteiger partial charge >= 0.3 is 0 Å². The summed E-state index contributed by atoms with van der Waals surface area (Å²) in [5.41, 5.74) is 16.9. The quantitative estimate of drug-likeness (QED) is 0.113. The molecule has 63 heavy (non-hydrogen) atoms. The zero-order valence-electron chi connectivity index (χ0n) is 37.8. The highest BCUT2D eigenvalue weighted by Crippen LogP contribution is 2.36. The molecule has 0 aliphatic carbocycles. The molecule has 0 radical (unpaired) electrons. The third-order valence-electron chi connectivity index (χ3n) is 9.97. The number of anilines is 1. The Morgan fingerprint density at radius 1 is 0.444 bits per heavy atom. The maximum atomic E-state index is 5.50. The summed E-state index contributed by atoms with van der Waals surface area (Å²) in [6, 6.07) is 74.2. The van der Waals surface area contributed by atoms with Crippen molar-refractivity contribution in [1.29, 1.82) is 10.8 Å². The fourth-order valence-electron chi connectivity index (χ4n) is 6.45.